The van der Waals surface area contributed by atoms with Crippen molar-refractivity contribution in [3.8, 4) is 5.75 Å². The Balaban J connectivity index is 0.00000387. The number of hydrogen-bond acceptors (Lipinski definition) is 7. The van der Waals surface area contributed by atoms with E-state index in [1.165, 1.54) is 0 Å². The van der Waals surface area contributed by atoms with Crippen molar-refractivity contribution in [2.75, 3.05) is 19.6 Å². The van der Waals surface area contributed by atoms with Gasteiger partial charge in [0.15, 0.2) is 0 Å². The second kappa shape index (κ2) is 13.3. The zero-order valence-electron chi connectivity index (χ0n) is 22.8. The summed E-state index contributed by atoms with van der Waals surface area (Å²) in [5.74, 6) is -0.747. The molecule has 3 aromatic carbocycles. The summed E-state index contributed by atoms with van der Waals surface area (Å²) in [5, 5.41) is 16.1. The molecule has 1 aliphatic rings. The van der Waals surface area contributed by atoms with Crippen LogP contribution in [0.4, 0.5) is 0 Å². The zero-order chi connectivity index (χ0) is 28.1. The zero-order valence-corrected chi connectivity index (χ0v) is 24.5. The third kappa shape index (κ3) is 7.16. The van der Waals surface area contributed by atoms with Crippen LogP contribution in [0.1, 0.15) is 48.3 Å². The molecule has 5 rings (SSSR count). The molecule has 2 N–H and O–H groups in total. The van der Waals surface area contributed by atoms with Crippen LogP contribution < -0.4 is 10.5 Å². The smallest absolute Gasteiger partial charge is 0.343 e. The first-order chi connectivity index (χ1) is 19.3. The van der Waals surface area contributed by atoms with E-state index in [9.17, 15) is 18.3 Å². The van der Waals surface area contributed by atoms with E-state index in [1.807, 2.05) is 37.3 Å². The molecule has 1 unspecified atom stereocenters. The molecule has 0 radical (unpaired) electrons. The van der Waals surface area contributed by atoms with Gasteiger partial charge in [-0.15, -0.1) is 12.4 Å². The second-order valence-electron chi connectivity index (χ2n) is 10.2. The Morgan fingerprint density at radius 3 is 2.37 bits per heavy atom. The number of aromatic hydroxyl groups is 1. The number of halogens is 1. The minimum Gasteiger partial charge on any atom is -0.507 e. The lowest BCUT2D eigenvalue weighted by Gasteiger charge is -2.21. The second-order valence-corrected chi connectivity index (χ2v) is 11.9. The molecule has 1 fully saturated rings. The molecule has 10 heteroatoms. The van der Waals surface area contributed by atoms with Crippen molar-refractivity contribution in [2.24, 2.45) is 5.10 Å². The first-order valence-corrected chi connectivity index (χ1v) is 15.0. The lowest BCUT2D eigenvalue weighted by Crippen LogP contribution is -2.26. The Labute approximate surface area is 246 Å². The number of hydrogen-bond donors (Lipinski definition) is 2. The maximum absolute atomic E-state index is 13.3. The highest BCUT2D eigenvalue weighted by atomic mass is 35.5. The topological polar surface area (TPSA) is 112 Å². The molecule has 0 amide bonds. The van der Waals surface area contributed by atoms with Crippen molar-refractivity contribution in [3.63, 3.8) is 0 Å². The van der Waals surface area contributed by atoms with E-state index >= 15 is 0 Å². The van der Waals surface area contributed by atoms with Gasteiger partial charge in [0.25, 0.3) is 10.0 Å². The van der Waals surface area contributed by atoms with Crippen LogP contribution in [0.25, 0.3) is 11.0 Å². The summed E-state index contributed by atoms with van der Waals surface area (Å²) < 4.78 is 31.7. The molecule has 1 saturated heterocycles. The quantitative estimate of drug-likeness (QED) is 0.141. The molecule has 1 aromatic heterocycles. The van der Waals surface area contributed by atoms with Gasteiger partial charge in [-0.05, 0) is 69.1 Å². The molecule has 2 heterocycles. The summed E-state index contributed by atoms with van der Waals surface area (Å²) in [4.78, 5) is 18.1. The lowest BCUT2D eigenvalue weighted by atomic mass is 9.86. The van der Waals surface area contributed by atoms with E-state index in [0.717, 1.165) is 37.1 Å². The number of para-hydroxylation sites is 1. The summed E-state index contributed by atoms with van der Waals surface area (Å²) in [6.07, 6.45) is 2.97. The highest BCUT2D eigenvalue weighted by Gasteiger charge is 2.27. The first kappa shape index (κ1) is 30.3. The summed E-state index contributed by atoms with van der Waals surface area (Å²) in [6.45, 7) is 4.57. The predicted octanol–water partition coefficient (Wildman–Crippen LogP) is 5.57. The Hall–Kier alpha value is -3.66. The van der Waals surface area contributed by atoms with Gasteiger partial charge in [-0.25, -0.2) is 9.63 Å². The average Bonchev–Trinajstić information content (AvgIpc) is 3.48. The minimum atomic E-state index is -3.90. The molecule has 41 heavy (non-hydrogen) atoms. The van der Waals surface area contributed by atoms with Crippen LogP contribution in [0, 0.1) is 6.92 Å². The fourth-order valence-corrected chi connectivity index (χ4v) is 6.00. The number of fused-ring (bicyclic) bond motifs is 1. The molecule has 0 bridgehead atoms. The fraction of sp³-hybridized carbons (Fsp3) is 0.290. The molecule has 0 aliphatic carbocycles. The van der Waals surface area contributed by atoms with Crippen LogP contribution in [0.15, 0.2) is 98.1 Å². The monoisotopic (exact) mass is 595 g/mol. The van der Waals surface area contributed by atoms with Crippen molar-refractivity contribution < 1.29 is 17.9 Å². The SMILES string of the molecule is Cc1ccc(S(=O)(=O)N/N=C(\CCN2CCCC2)CC(c2ccccc2)c2c(O)c3ccccc3oc2=O)cc1.Cl. The number of hydrazone groups is 1. The van der Waals surface area contributed by atoms with E-state index in [1.54, 1.807) is 48.5 Å². The minimum absolute atomic E-state index is 0. The van der Waals surface area contributed by atoms with Gasteiger partial charge >= 0.3 is 5.63 Å². The highest BCUT2D eigenvalue weighted by Crippen LogP contribution is 2.36. The van der Waals surface area contributed by atoms with E-state index < -0.39 is 21.6 Å². The highest BCUT2D eigenvalue weighted by molar-refractivity contribution is 7.89. The van der Waals surface area contributed by atoms with Crippen LogP contribution in [-0.2, 0) is 10.0 Å². The standard InChI is InChI=1S/C31H33N3O5S.ClH/c1-22-13-15-25(16-14-22)40(37,38)33-32-24(17-20-34-18-7-8-19-34)21-27(23-9-3-2-4-10-23)29-30(35)26-11-5-6-12-28(26)39-31(29)36;/h2-6,9-16,27,33,35H,7-8,17-21H2,1H3;1H/b32-24+;. The van der Waals surface area contributed by atoms with Crippen LogP contribution >= 0.6 is 12.4 Å². The van der Waals surface area contributed by atoms with Gasteiger partial charge in [-0.2, -0.15) is 13.5 Å². The molecule has 4 aromatic rings. The average molecular weight is 596 g/mol. The van der Waals surface area contributed by atoms with Gasteiger partial charge in [-0.1, -0.05) is 60.2 Å². The summed E-state index contributed by atoms with van der Waals surface area (Å²) in [5.41, 5.74) is 2.10. The van der Waals surface area contributed by atoms with E-state index in [2.05, 4.69) is 14.8 Å². The van der Waals surface area contributed by atoms with E-state index in [-0.39, 0.29) is 35.0 Å². The number of benzene rings is 3. The number of likely N-dealkylation sites (tertiary alicyclic amines) is 1. The van der Waals surface area contributed by atoms with Gasteiger partial charge in [-0.3, -0.25) is 0 Å². The third-order valence-corrected chi connectivity index (χ3v) is 8.60. The van der Waals surface area contributed by atoms with Crippen molar-refractivity contribution >= 4 is 39.1 Å². The Morgan fingerprint density at radius 2 is 1.66 bits per heavy atom. The maximum atomic E-state index is 13.3. The Kier molecular flexibility index (Phi) is 9.86. The van der Waals surface area contributed by atoms with E-state index in [4.69, 9.17) is 4.42 Å². The van der Waals surface area contributed by atoms with Gasteiger partial charge in [0.1, 0.15) is 11.3 Å². The largest absolute Gasteiger partial charge is 0.507 e. The molecule has 216 valence electrons. The maximum Gasteiger partial charge on any atom is 0.343 e. The Morgan fingerprint density at radius 1 is 1.00 bits per heavy atom. The van der Waals surface area contributed by atoms with Crippen LogP contribution in [0.5, 0.6) is 5.75 Å². The van der Waals surface area contributed by atoms with Crippen molar-refractivity contribution in [2.45, 2.75) is 43.4 Å². The fourth-order valence-electron chi connectivity index (χ4n) is 5.15. The molecule has 1 aliphatic heterocycles. The predicted molar refractivity (Wildman–Crippen MR) is 164 cm³/mol. The third-order valence-electron chi connectivity index (χ3n) is 7.38. The molecule has 0 spiro atoms. The summed E-state index contributed by atoms with van der Waals surface area (Å²) in [7, 11) is -3.90. The number of rotatable bonds is 10. The van der Waals surface area contributed by atoms with Crippen LogP contribution in [0.3, 0.4) is 0 Å². The van der Waals surface area contributed by atoms with Crippen molar-refractivity contribution in [1.29, 1.82) is 0 Å². The molecule has 1 atom stereocenters. The number of nitrogens with zero attached hydrogens (tertiary/aromatic N) is 2. The first-order valence-electron chi connectivity index (χ1n) is 13.5. The van der Waals surface area contributed by atoms with Crippen molar-refractivity contribution in [1.82, 2.24) is 9.73 Å². The van der Waals surface area contributed by atoms with Gasteiger partial charge in [0, 0.05) is 24.6 Å². The molecular weight excluding hydrogens is 562 g/mol. The summed E-state index contributed by atoms with van der Waals surface area (Å²) in [6, 6.07) is 22.8. The van der Waals surface area contributed by atoms with E-state index in [0.29, 0.717) is 29.6 Å². The van der Waals surface area contributed by atoms with Crippen molar-refractivity contribution in [3.05, 3.63) is 106 Å². The van der Waals surface area contributed by atoms with Gasteiger partial charge in [0.2, 0.25) is 0 Å². The van der Waals surface area contributed by atoms with Gasteiger partial charge in [0.05, 0.1) is 15.8 Å². The number of aryl methyl sites for hydroxylation is 1. The molecule has 0 saturated carbocycles. The normalized spacial score (nSPS) is 15.0. The number of nitrogens with one attached hydrogen (secondary N) is 1. The molecule has 8 nitrogen and oxygen atoms in total. The summed E-state index contributed by atoms with van der Waals surface area (Å²) >= 11 is 0. The Bertz CT molecular complexity index is 1670. The van der Waals surface area contributed by atoms with Crippen LogP contribution in [-0.4, -0.2) is 43.8 Å². The number of sulfonamides is 1. The molecular formula is C31H34ClN3O5S. The van der Waals surface area contributed by atoms with Crippen LogP contribution in [0.2, 0.25) is 0 Å². The van der Waals surface area contributed by atoms with Gasteiger partial charge < -0.3 is 14.4 Å². The lowest BCUT2D eigenvalue weighted by molar-refractivity contribution is 0.348.